The molecular formula is C28H30N6OS. The van der Waals surface area contributed by atoms with Gasteiger partial charge in [-0.3, -0.25) is 4.79 Å². The first-order valence-electron chi connectivity index (χ1n) is 12.8. The monoisotopic (exact) mass is 498 g/mol. The highest BCUT2D eigenvalue weighted by atomic mass is 32.1. The zero-order valence-corrected chi connectivity index (χ0v) is 21.1. The van der Waals surface area contributed by atoms with Crippen LogP contribution in [0.15, 0.2) is 60.1 Å². The molecule has 1 amide bonds. The summed E-state index contributed by atoms with van der Waals surface area (Å²) in [5.74, 6) is 2.47. The van der Waals surface area contributed by atoms with Crippen LogP contribution in [-0.4, -0.2) is 48.4 Å². The van der Waals surface area contributed by atoms with Gasteiger partial charge in [0.15, 0.2) is 0 Å². The number of thiophene rings is 1. The first kappa shape index (κ1) is 22.9. The lowest BCUT2D eigenvalue weighted by Crippen LogP contribution is -2.39. The zero-order valence-electron chi connectivity index (χ0n) is 20.3. The summed E-state index contributed by atoms with van der Waals surface area (Å²) >= 11 is 1.65. The Morgan fingerprint density at radius 1 is 1.00 bits per heavy atom. The minimum atomic E-state index is 0.0416. The predicted octanol–water partition coefficient (Wildman–Crippen LogP) is 5.34. The number of para-hydroxylation sites is 1. The van der Waals surface area contributed by atoms with Crippen molar-refractivity contribution in [2.75, 3.05) is 13.1 Å². The number of aryl methyl sites for hydroxylation is 1. The van der Waals surface area contributed by atoms with E-state index in [0.29, 0.717) is 6.54 Å². The van der Waals surface area contributed by atoms with Crippen molar-refractivity contribution in [2.45, 2.75) is 51.0 Å². The van der Waals surface area contributed by atoms with Gasteiger partial charge >= 0.3 is 0 Å². The van der Waals surface area contributed by atoms with Crippen LogP contribution in [0.5, 0.6) is 0 Å². The number of carbonyl (C=O) groups excluding carboxylic acids is 1. The zero-order chi connectivity index (χ0) is 24.3. The molecule has 2 aliphatic heterocycles. The van der Waals surface area contributed by atoms with Gasteiger partial charge in [0.05, 0.1) is 10.6 Å². The number of fused-ring (bicyclic) bond motifs is 1. The van der Waals surface area contributed by atoms with Crippen molar-refractivity contribution in [3.8, 4) is 16.3 Å². The van der Waals surface area contributed by atoms with Crippen molar-refractivity contribution in [3.05, 3.63) is 77.3 Å². The van der Waals surface area contributed by atoms with E-state index in [2.05, 4.69) is 26.2 Å². The molecule has 4 aromatic rings. The lowest BCUT2D eigenvalue weighted by molar-refractivity contribution is -0.127. The van der Waals surface area contributed by atoms with E-state index in [1.54, 1.807) is 17.4 Å². The fraction of sp³-hybridized carbons (Fsp3) is 0.357. The van der Waals surface area contributed by atoms with E-state index in [4.69, 9.17) is 5.10 Å². The fourth-order valence-corrected chi connectivity index (χ4v) is 6.02. The highest BCUT2D eigenvalue weighted by Gasteiger charge is 2.29. The minimum Gasteiger partial charge on any atom is -0.338 e. The van der Waals surface area contributed by atoms with E-state index in [9.17, 15) is 4.79 Å². The number of benzene rings is 1. The second kappa shape index (κ2) is 10.2. The first-order chi connectivity index (χ1) is 17.8. The van der Waals surface area contributed by atoms with Gasteiger partial charge in [-0.25, -0.2) is 4.68 Å². The van der Waals surface area contributed by atoms with E-state index in [0.717, 1.165) is 65.8 Å². The van der Waals surface area contributed by atoms with Crippen LogP contribution in [0.1, 0.15) is 55.2 Å². The van der Waals surface area contributed by atoms with Crippen LogP contribution in [0.3, 0.4) is 0 Å². The lowest BCUT2D eigenvalue weighted by atomic mass is 9.97. The number of carbonyl (C=O) groups is 1. The quantitative estimate of drug-likeness (QED) is 0.349. The van der Waals surface area contributed by atoms with Crippen LogP contribution in [0.4, 0.5) is 0 Å². The Balaban J connectivity index is 1.22. The van der Waals surface area contributed by atoms with Crippen molar-refractivity contribution in [2.24, 2.45) is 0 Å². The molecule has 6 rings (SSSR count). The van der Waals surface area contributed by atoms with E-state index < -0.39 is 0 Å². The SMILES string of the molecule is O=C(/C=C/c1cn(-c2ccccc2)nc1-c1cccs1)N1CCC[C@@H](c2nnc3n2CCCCC3)C1. The van der Waals surface area contributed by atoms with E-state index in [-0.39, 0.29) is 11.8 Å². The molecule has 184 valence electrons. The summed E-state index contributed by atoms with van der Waals surface area (Å²) in [6.07, 6.45) is 12.3. The lowest BCUT2D eigenvalue weighted by Gasteiger charge is -2.31. The Labute approximate surface area is 215 Å². The second-order valence-corrected chi connectivity index (χ2v) is 10.5. The molecular weight excluding hydrogens is 468 g/mol. The molecule has 0 N–H and O–H groups in total. The maximum atomic E-state index is 13.3. The largest absolute Gasteiger partial charge is 0.338 e. The molecule has 0 spiro atoms. The summed E-state index contributed by atoms with van der Waals surface area (Å²) in [7, 11) is 0. The summed E-state index contributed by atoms with van der Waals surface area (Å²) in [6, 6.07) is 14.2. The van der Waals surface area contributed by atoms with Crippen molar-refractivity contribution >= 4 is 23.3 Å². The molecule has 0 aliphatic carbocycles. The van der Waals surface area contributed by atoms with Crippen molar-refractivity contribution in [3.63, 3.8) is 0 Å². The minimum absolute atomic E-state index is 0.0416. The Kier molecular flexibility index (Phi) is 6.51. The van der Waals surface area contributed by atoms with Gasteiger partial charge in [-0.1, -0.05) is 30.7 Å². The molecule has 8 heteroatoms. The first-order valence-corrected chi connectivity index (χ1v) is 13.7. The highest BCUT2D eigenvalue weighted by Crippen LogP contribution is 2.30. The van der Waals surface area contributed by atoms with Gasteiger partial charge in [0, 0.05) is 49.8 Å². The number of aromatic nitrogens is 5. The van der Waals surface area contributed by atoms with Gasteiger partial charge in [0.1, 0.15) is 17.3 Å². The Bertz CT molecular complexity index is 1350. The molecule has 1 aromatic carbocycles. The second-order valence-electron chi connectivity index (χ2n) is 9.58. The number of hydrogen-bond donors (Lipinski definition) is 0. The number of piperidine rings is 1. The Hall–Kier alpha value is -3.52. The third-order valence-electron chi connectivity index (χ3n) is 7.16. The van der Waals surface area contributed by atoms with Crippen LogP contribution in [0, 0.1) is 0 Å². The van der Waals surface area contributed by atoms with Crippen LogP contribution in [0.2, 0.25) is 0 Å². The number of nitrogens with zero attached hydrogens (tertiary/aromatic N) is 6. The fourth-order valence-electron chi connectivity index (χ4n) is 5.29. The summed E-state index contributed by atoms with van der Waals surface area (Å²) in [5.41, 5.74) is 2.82. The summed E-state index contributed by atoms with van der Waals surface area (Å²) < 4.78 is 4.21. The average Bonchev–Trinajstić information content (AvgIpc) is 3.65. The maximum absolute atomic E-state index is 13.3. The molecule has 5 heterocycles. The number of hydrogen-bond acceptors (Lipinski definition) is 5. The Morgan fingerprint density at radius 2 is 1.92 bits per heavy atom. The summed E-state index contributed by atoms with van der Waals surface area (Å²) in [6.45, 7) is 2.48. The molecule has 0 unspecified atom stereocenters. The van der Waals surface area contributed by atoms with Crippen molar-refractivity contribution in [1.29, 1.82) is 0 Å². The average molecular weight is 499 g/mol. The van der Waals surface area contributed by atoms with Gasteiger partial charge in [0.2, 0.25) is 5.91 Å². The molecule has 1 fully saturated rings. The van der Waals surface area contributed by atoms with Crippen LogP contribution in [-0.2, 0) is 17.8 Å². The van der Waals surface area contributed by atoms with Gasteiger partial charge in [-0.2, -0.15) is 5.10 Å². The normalized spacial score (nSPS) is 18.3. The number of amides is 1. The highest BCUT2D eigenvalue weighted by molar-refractivity contribution is 7.13. The molecule has 36 heavy (non-hydrogen) atoms. The molecule has 0 saturated carbocycles. The van der Waals surface area contributed by atoms with Gasteiger partial charge in [0.25, 0.3) is 0 Å². The topological polar surface area (TPSA) is 68.8 Å². The van der Waals surface area contributed by atoms with Gasteiger partial charge < -0.3 is 9.47 Å². The van der Waals surface area contributed by atoms with Crippen LogP contribution in [0.25, 0.3) is 22.3 Å². The third-order valence-corrected chi connectivity index (χ3v) is 8.04. The molecule has 0 radical (unpaired) electrons. The number of likely N-dealkylation sites (tertiary alicyclic amines) is 1. The standard InChI is InChI=1S/C28H30N6OS/c35-26(32-16-7-9-22(19-32)28-30-29-25-13-5-2-6-17-33(25)28)15-14-21-20-34(23-10-3-1-4-11-23)31-27(21)24-12-8-18-36-24/h1,3-4,8,10-12,14-15,18,20,22H,2,5-7,9,13,16-17,19H2/b15-14+/t22-/m1/s1. The van der Waals surface area contributed by atoms with Crippen LogP contribution < -0.4 is 0 Å². The maximum Gasteiger partial charge on any atom is 0.246 e. The molecule has 2 aliphatic rings. The summed E-state index contributed by atoms with van der Waals surface area (Å²) in [5, 5.41) is 15.9. The van der Waals surface area contributed by atoms with Gasteiger partial charge in [-0.15, -0.1) is 21.5 Å². The van der Waals surface area contributed by atoms with E-state index in [1.165, 1.54) is 19.3 Å². The number of rotatable bonds is 5. The van der Waals surface area contributed by atoms with Crippen LogP contribution >= 0.6 is 11.3 Å². The van der Waals surface area contributed by atoms with Crippen molar-refractivity contribution in [1.82, 2.24) is 29.4 Å². The predicted molar refractivity (Wildman–Crippen MR) is 142 cm³/mol. The Morgan fingerprint density at radius 3 is 2.78 bits per heavy atom. The third kappa shape index (κ3) is 4.65. The van der Waals surface area contributed by atoms with E-state index >= 15 is 0 Å². The molecule has 0 bridgehead atoms. The van der Waals surface area contributed by atoms with Gasteiger partial charge in [-0.05, 0) is 55.3 Å². The van der Waals surface area contributed by atoms with E-state index in [1.807, 2.05) is 58.3 Å². The smallest absolute Gasteiger partial charge is 0.246 e. The molecule has 7 nitrogen and oxygen atoms in total. The van der Waals surface area contributed by atoms with Crippen molar-refractivity contribution < 1.29 is 4.79 Å². The summed E-state index contributed by atoms with van der Waals surface area (Å²) in [4.78, 5) is 16.3. The molecule has 1 saturated heterocycles. The molecule has 1 atom stereocenters. The molecule has 3 aromatic heterocycles.